The fraction of sp³-hybridized carbons (Fsp3) is 0.577. The van der Waals surface area contributed by atoms with E-state index < -0.39 is 23.8 Å². The van der Waals surface area contributed by atoms with Crippen molar-refractivity contribution in [2.24, 2.45) is 5.92 Å². The van der Waals surface area contributed by atoms with E-state index >= 15 is 0 Å². The summed E-state index contributed by atoms with van der Waals surface area (Å²) in [6, 6.07) is 5.28. The standard InChI is InChI=1S/C26H39N3O4/c1-9-12-17-27-23(30)22(20-15-13-19(11-3)14-16-20)29(8)24(31)21(18(4)10-2)28-25(32)33-26(5,6)7/h3,13-16,18,21-22H,9-10,12,17H2,1-2,4-8H3,(H,27,30)(H,28,32). The Morgan fingerprint density at radius 2 is 1.76 bits per heavy atom. The first-order chi connectivity index (χ1) is 15.4. The van der Waals surface area contributed by atoms with Gasteiger partial charge in [0.25, 0.3) is 0 Å². The number of terminal acetylenes is 1. The van der Waals surface area contributed by atoms with Crippen LogP contribution in [-0.2, 0) is 14.3 Å². The maximum absolute atomic E-state index is 13.6. The molecule has 2 N–H and O–H groups in total. The van der Waals surface area contributed by atoms with Crippen LogP contribution in [0.2, 0.25) is 0 Å². The second-order valence-corrected chi connectivity index (χ2v) is 9.27. The molecule has 3 unspecified atom stereocenters. The van der Waals surface area contributed by atoms with Gasteiger partial charge in [0.15, 0.2) is 0 Å². The predicted molar refractivity (Wildman–Crippen MR) is 130 cm³/mol. The lowest BCUT2D eigenvalue weighted by Gasteiger charge is -2.33. The number of hydrogen-bond acceptors (Lipinski definition) is 4. The van der Waals surface area contributed by atoms with Crippen molar-refractivity contribution in [3.63, 3.8) is 0 Å². The smallest absolute Gasteiger partial charge is 0.408 e. The first-order valence-electron chi connectivity index (χ1n) is 11.6. The molecule has 0 radical (unpaired) electrons. The van der Waals surface area contributed by atoms with Crippen molar-refractivity contribution >= 4 is 17.9 Å². The fourth-order valence-electron chi connectivity index (χ4n) is 3.26. The molecule has 0 aliphatic heterocycles. The van der Waals surface area contributed by atoms with Gasteiger partial charge in [0.1, 0.15) is 17.7 Å². The summed E-state index contributed by atoms with van der Waals surface area (Å²) in [5.41, 5.74) is 0.625. The number of unbranched alkanes of at least 4 members (excludes halogenated alkanes) is 1. The van der Waals surface area contributed by atoms with Crippen LogP contribution in [0.1, 0.15) is 78.0 Å². The summed E-state index contributed by atoms with van der Waals surface area (Å²) < 4.78 is 5.36. The number of alkyl carbamates (subject to hydrolysis) is 1. The van der Waals surface area contributed by atoms with E-state index in [1.54, 1.807) is 52.1 Å². The molecule has 0 bridgehead atoms. The van der Waals surface area contributed by atoms with Crippen LogP contribution in [0.25, 0.3) is 0 Å². The molecule has 1 rings (SSSR count). The Balaban J connectivity index is 3.24. The second kappa shape index (κ2) is 12.9. The molecular formula is C26H39N3O4. The number of hydrogen-bond donors (Lipinski definition) is 2. The molecule has 0 saturated carbocycles. The fourth-order valence-corrected chi connectivity index (χ4v) is 3.26. The Morgan fingerprint density at radius 1 is 1.15 bits per heavy atom. The van der Waals surface area contributed by atoms with E-state index in [9.17, 15) is 14.4 Å². The maximum atomic E-state index is 13.6. The summed E-state index contributed by atoms with van der Waals surface area (Å²) in [5, 5.41) is 5.63. The van der Waals surface area contributed by atoms with Gasteiger partial charge < -0.3 is 20.3 Å². The molecule has 182 valence electrons. The van der Waals surface area contributed by atoms with Crippen LogP contribution >= 0.6 is 0 Å². The molecule has 1 aromatic rings. The summed E-state index contributed by atoms with van der Waals surface area (Å²) >= 11 is 0. The lowest BCUT2D eigenvalue weighted by Crippen LogP contribution is -2.54. The van der Waals surface area contributed by atoms with Gasteiger partial charge >= 0.3 is 6.09 Å². The van der Waals surface area contributed by atoms with Gasteiger partial charge in [-0.25, -0.2) is 4.79 Å². The molecule has 7 nitrogen and oxygen atoms in total. The van der Waals surface area contributed by atoms with Crippen LogP contribution in [-0.4, -0.2) is 48.0 Å². The van der Waals surface area contributed by atoms with E-state index in [2.05, 4.69) is 16.6 Å². The molecule has 7 heteroatoms. The van der Waals surface area contributed by atoms with Gasteiger partial charge in [-0.2, -0.15) is 0 Å². The monoisotopic (exact) mass is 457 g/mol. The molecular weight excluding hydrogens is 418 g/mol. The highest BCUT2D eigenvalue weighted by atomic mass is 16.6. The summed E-state index contributed by atoms with van der Waals surface area (Å²) in [6.45, 7) is 11.7. The van der Waals surface area contributed by atoms with Crippen LogP contribution in [0.4, 0.5) is 4.79 Å². The highest BCUT2D eigenvalue weighted by Crippen LogP contribution is 2.23. The Hall–Kier alpha value is -3.01. The minimum absolute atomic E-state index is 0.167. The molecule has 0 aromatic heterocycles. The third-order valence-electron chi connectivity index (χ3n) is 5.36. The lowest BCUT2D eigenvalue weighted by atomic mass is 9.96. The molecule has 3 atom stereocenters. The Labute approximate surface area is 198 Å². The van der Waals surface area contributed by atoms with E-state index in [1.165, 1.54) is 4.90 Å². The number of likely N-dealkylation sites (N-methyl/N-ethyl adjacent to an activating group) is 1. The summed E-state index contributed by atoms with van der Waals surface area (Å²) in [6.07, 6.45) is 7.22. The molecule has 0 saturated heterocycles. The van der Waals surface area contributed by atoms with Crippen molar-refractivity contribution in [3.05, 3.63) is 35.4 Å². The summed E-state index contributed by atoms with van der Waals surface area (Å²) in [5.74, 6) is 1.74. The van der Waals surface area contributed by atoms with Crippen molar-refractivity contribution < 1.29 is 19.1 Å². The van der Waals surface area contributed by atoms with Gasteiger partial charge in [-0.1, -0.05) is 51.7 Å². The summed E-state index contributed by atoms with van der Waals surface area (Å²) in [7, 11) is 1.58. The normalized spacial score (nSPS) is 13.8. The van der Waals surface area contributed by atoms with Crippen LogP contribution in [0.3, 0.4) is 0 Å². The molecule has 1 aromatic carbocycles. The topological polar surface area (TPSA) is 87.7 Å². The quantitative estimate of drug-likeness (QED) is 0.410. The molecule has 0 spiro atoms. The third kappa shape index (κ3) is 8.80. The Morgan fingerprint density at radius 3 is 2.24 bits per heavy atom. The number of ether oxygens (including phenoxy) is 1. The van der Waals surface area contributed by atoms with Crippen molar-refractivity contribution in [1.29, 1.82) is 0 Å². The minimum atomic E-state index is -0.867. The van der Waals surface area contributed by atoms with Gasteiger partial charge in [0.05, 0.1) is 0 Å². The zero-order chi connectivity index (χ0) is 25.2. The van der Waals surface area contributed by atoms with Crippen molar-refractivity contribution in [2.75, 3.05) is 13.6 Å². The number of benzene rings is 1. The van der Waals surface area contributed by atoms with E-state index in [1.807, 2.05) is 20.8 Å². The minimum Gasteiger partial charge on any atom is -0.444 e. The van der Waals surface area contributed by atoms with Crippen LogP contribution < -0.4 is 10.6 Å². The van der Waals surface area contributed by atoms with Gasteiger partial charge in [0, 0.05) is 19.2 Å². The van der Waals surface area contributed by atoms with Crippen molar-refractivity contribution in [1.82, 2.24) is 15.5 Å². The van der Waals surface area contributed by atoms with Crippen LogP contribution in [0.15, 0.2) is 24.3 Å². The first-order valence-corrected chi connectivity index (χ1v) is 11.6. The SMILES string of the molecule is C#Cc1ccc(C(C(=O)NCCCC)N(C)C(=O)C(NC(=O)OC(C)(C)C)C(C)CC)cc1. The first kappa shape index (κ1) is 28.0. The largest absolute Gasteiger partial charge is 0.444 e. The lowest BCUT2D eigenvalue weighted by molar-refractivity contribution is -0.141. The van der Waals surface area contributed by atoms with Gasteiger partial charge in [0.2, 0.25) is 11.8 Å². The average Bonchev–Trinajstić information content (AvgIpc) is 2.76. The van der Waals surface area contributed by atoms with Gasteiger partial charge in [-0.3, -0.25) is 9.59 Å². The molecule has 0 heterocycles. The van der Waals surface area contributed by atoms with E-state index in [4.69, 9.17) is 11.2 Å². The second-order valence-electron chi connectivity index (χ2n) is 9.27. The highest BCUT2D eigenvalue weighted by Gasteiger charge is 2.36. The van der Waals surface area contributed by atoms with Gasteiger partial charge in [-0.15, -0.1) is 6.42 Å². The Kier molecular flexibility index (Phi) is 10.9. The van der Waals surface area contributed by atoms with Crippen LogP contribution in [0, 0.1) is 18.3 Å². The molecule has 0 aliphatic carbocycles. The van der Waals surface area contributed by atoms with E-state index in [-0.39, 0.29) is 17.7 Å². The molecule has 0 aliphatic rings. The van der Waals surface area contributed by atoms with E-state index in [0.29, 0.717) is 24.1 Å². The third-order valence-corrected chi connectivity index (χ3v) is 5.36. The molecule has 33 heavy (non-hydrogen) atoms. The number of nitrogens with zero attached hydrogens (tertiary/aromatic N) is 1. The predicted octanol–water partition coefficient (Wildman–Crippen LogP) is 4.02. The highest BCUT2D eigenvalue weighted by molar-refractivity contribution is 5.92. The van der Waals surface area contributed by atoms with Gasteiger partial charge in [-0.05, 0) is 50.8 Å². The van der Waals surface area contributed by atoms with E-state index in [0.717, 1.165) is 12.8 Å². The number of carbonyl (C=O) groups is 3. The number of carbonyl (C=O) groups excluding carboxylic acids is 3. The average molecular weight is 458 g/mol. The zero-order valence-corrected chi connectivity index (χ0v) is 21.0. The number of amides is 3. The number of nitrogens with one attached hydrogen (secondary N) is 2. The van der Waals surface area contributed by atoms with Crippen molar-refractivity contribution in [2.45, 2.75) is 78.5 Å². The number of rotatable bonds is 10. The van der Waals surface area contributed by atoms with Crippen molar-refractivity contribution in [3.8, 4) is 12.3 Å². The van der Waals surface area contributed by atoms with Crippen LogP contribution in [0.5, 0.6) is 0 Å². The summed E-state index contributed by atoms with van der Waals surface area (Å²) in [4.78, 5) is 40.5. The zero-order valence-electron chi connectivity index (χ0n) is 21.0. The maximum Gasteiger partial charge on any atom is 0.408 e. The Bertz CT molecular complexity index is 837. The molecule has 0 fully saturated rings. The molecule has 3 amide bonds.